The third kappa shape index (κ3) is 2.52. The number of anilines is 1. The summed E-state index contributed by atoms with van der Waals surface area (Å²) >= 11 is 3.37. The summed E-state index contributed by atoms with van der Waals surface area (Å²) in [6.45, 7) is 3.35. The van der Waals surface area contributed by atoms with Gasteiger partial charge in [-0.2, -0.15) is 0 Å². The van der Waals surface area contributed by atoms with Crippen LogP contribution in [0.1, 0.15) is 22.3 Å². The Bertz CT molecular complexity index is 483. The molecule has 1 amide bonds. The summed E-state index contributed by atoms with van der Waals surface area (Å²) in [6.07, 6.45) is 5.05. The van der Waals surface area contributed by atoms with E-state index in [0.29, 0.717) is 17.8 Å². The molecule has 1 aliphatic heterocycles. The molecule has 17 heavy (non-hydrogen) atoms. The van der Waals surface area contributed by atoms with Crippen LogP contribution in [0.2, 0.25) is 0 Å². The van der Waals surface area contributed by atoms with Crippen molar-refractivity contribution in [1.29, 1.82) is 0 Å². The Morgan fingerprint density at radius 1 is 1.41 bits per heavy atom. The Labute approximate surface area is 109 Å². The van der Waals surface area contributed by atoms with E-state index in [0.717, 1.165) is 23.0 Å². The predicted octanol–water partition coefficient (Wildman–Crippen LogP) is 2.74. The maximum Gasteiger partial charge on any atom is 0.254 e. The first kappa shape index (κ1) is 12.2. The number of amides is 1. The van der Waals surface area contributed by atoms with E-state index < -0.39 is 0 Å². The fourth-order valence-electron chi connectivity index (χ4n) is 1.92. The van der Waals surface area contributed by atoms with Crippen molar-refractivity contribution >= 4 is 27.5 Å². The van der Waals surface area contributed by atoms with Gasteiger partial charge >= 0.3 is 0 Å². The van der Waals surface area contributed by atoms with Gasteiger partial charge in [0.2, 0.25) is 0 Å². The van der Waals surface area contributed by atoms with Crippen molar-refractivity contribution in [3.05, 3.63) is 39.9 Å². The van der Waals surface area contributed by atoms with Crippen LogP contribution in [-0.4, -0.2) is 23.9 Å². The highest BCUT2D eigenvalue weighted by atomic mass is 79.9. The van der Waals surface area contributed by atoms with Crippen LogP contribution in [-0.2, 0) is 0 Å². The van der Waals surface area contributed by atoms with Gasteiger partial charge in [0, 0.05) is 28.8 Å². The van der Waals surface area contributed by atoms with Crippen LogP contribution in [0, 0.1) is 6.92 Å². The van der Waals surface area contributed by atoms with Crippen molar-refractivity contribution in [2.24, 2.45) is 0 Å². The molecule has 0 aromatic heterocycles. The van der Waals surface area contributed by atoms with Crippen molar-refractivity contribution in [2.45, 2.75) is 13.3 Å². The van der Waals surface area contributed by atoms with E-state index in [4.69, 9.17) is 5.73 Å². The molecular weight excluding hydrogens is 280 g/mol. The average Bonchev–Trinajstić information content (AvgIpc) is 2.34. The molecule has 0 saturated carbocycles. The lowest BCUT2D eigenvalue weighted by Gasteiger charge is -2.24. The Morgan fingerprint density at radius 2 is 2.18 bits per heavy atom. The van der Waals surface area contributed by atoms with Gasteiger partial charge < -0.3 is 10.6 Å². The Hall–Kier alpha value is -1.29. The van der Waals surface area contributed by atoms with Crippen molar-refractivity contribution in [1.82, 2.24) is 4.90 Å². The minimum absolute atomic E-state index is 0.0554. The zero-order valence-corrected chi connectivity index (χ0v) is 11.3. The van der Waals surface area contributed by atoms with E-state index in [2.05, 4.69) is 22.0 Å². The number of hydrogen-bond donors (Lipinski definition) is 1. The first-order valence-corrected chi connectivity index (χ1v) is 6.39. The van der Waals surface area contributed by atoms with Crippen LogP contribution in [0.3, 0.4) is 0 Å². The predicted molar refractivity (Wildman–Crippen MR) is 73.0 cm³/mol. The minimum Gasteiger partial charge on any atom is -0.398 e. The smallest absolute Gasteiger partial charge is 0.254 e. The first-order chi connectivity index (χ1) is 8.09. The fraction of sp³-hybridized carbons (Fsp3) is 0.308. The Balaban J connectivity index is 2.33. The average molecular weight is 295 g/mol. The van der Waals surface area contributed by atoms with Crippen molar-refractivity contribution in [3.8, 4) is 0 Å². The third-order valence-electron chi connectivity index (χ3n) is 2.99. The molecule has 4 heteroatoms. The van der Waals surface area contributed by atoms with Crippen molar-refractivity contribution in [3.63, 3.8) is 0 Å². The number of benzene rings is 1. The number of halogens is 1. The molecule has 2 rings (SSSR count). The highest BCUT2D eigenvalue weighted by molar-refractivity contribution is 9.10. The molecule has 0 fully saturated rings. The largest absolute Gasteiger partial charge is 0.398 e. The van der Waals surface area contributed by atoms with Gasteiger partial charge in [-0.3, -0.25) is 4.79 Å². The van der Waals surface area contributed by atoms with Crippen LogP contribution in [0.4, 0.5) is 5.69 Å². The normalized spacial score (nSPS) is 15.1. The lowest BCUT2D eigenvalue weighted by atomic mass is 10.1. The monoisotopic (exact) mass is 294 g/mol. The highest BCUT2D eigenvalue weighted by Crippen LogP contribution is 2.24. The van der Waals surface area contributed by atoms with Gasteiger partial charge in [0.15, 0.2) is 0 Å². The number of nitrogens with zero attached hydrogens (tertiary/aromatic N) is 1. The summed E-state index contributed by atoms with van der Waals surface area (Å²) in [5, 5.41) is 0. The van der Waals surface area contributed by atoms with Crippen LogP contribution in [0.25, 0.3) is 0 Å². The maximum atomic E-state index is 12.3. The molecule has 0 bridgehead atoms. The Kier molecular flexibility index (Phi) is 3.52. The molecule has 0 aliphatic carbocycles. The highest BCUT2D eigenvalue weighted by Gasteiger charge is 2.19. The molecule has 0 atom stereocenters. The van der Waals surface area contributed by atoms with Gasteiger partial charge in [-0.05, 0) is 31.0 Å². The third-order valence-corrected chi connectivity index (χ3v) is 3.45. The lowest BCUT2D eigenvalue weighted by molar-refractivity contribution is 0.0770. The van der Waals surface area contributed by atoms with E-state index in [9.17, 15) is 4.79 Å². The molecule has 0 unspecified atom stereocenters. The minimum atomic E-state index is 0.0554. The number of nitrogen functional groups attached to an aromatic ring is 1. The summed E-state index contributed by atoms with van der Waals surface area (Å²) in [4.78, 5) is 14.2. The van der Waals surface area contributed by atoms with Gasteiger partial charge in [-0.1, -0.05) is 28.1 Å². The molecular formula is C13H15BrN2O. The number of rotatable bonds is 1. The van der Waals surface area contributed by atoms with Crippen LogP contribution < -0.4 is 5.73 Å². The van der Waals surface area contributed by atoms with Gasteiger partial charge in [-0.15, -0.1) is 0 Å². The van der Waals surface area contributed by atoms with E-state index in [-0.39, 0.29) is 5.91 Å². The Morgan fingerprint density at radius 3 is 2.82 bits per heavy atom. The van der Waals surface area contributed by atoms with Crippen molar-refractivity contribution in [2.75, 3.05) is 18.8 Å². The van der Waals surface area contributed by atoms with E-state index >= 15 is 0 Å². The van der Waals surface area contributed by atoms with Gasteiger partial charge in [0.25, 0.3) is 5.91 Å². The number of carbonyl (C=O) groups is 1. The molecule has 0 spiro atoms. The van der Waals surface area contributed by atoms with Crippen LogP contribution in [0.5, 0.6) is 0 Å². The van der Waals surface area contributed by atoms with Gasteiger partial charge in [0.1, 0.15) is 0 Å². The molecule has 3 nitrogen and oxygen atoms in total. The second-order valence-corrected chi connectivity index (χ2v) is 5.09. The molecule has 90 valence electrons. The maximum absolute atomic E-state index is 12.3. The molecule has 1 aliphatic rings. The van der Waals surface area contributed by atoms with Crippen LogP contribution in [0.15, 0.2) is 28.8 Å². The summed E-state index contributed by atoms with van der Waals surface area (Å²) in [7, 11) is 0. The molecule has 2 N–H and O–H groups in total. The number of hydrogen-bond acceptors (Lipinski definition) is 2. The molecule has 0 saturated heterocycles. The molecule has 1 aromatic rings. The molecule has 1 aromatic carbocycles. The van der Waals surface area contributed by atoms with Crippen molar-refractivity contribution < 1.29 is 4.79 Å². The van der Waals surface area contributed by atoms with Crippen LogP contribution >= 0.6 is 15.9 Å². The summed E-state index contributed by atoms with van der Waals surface area (Å²) in [5.41, 5.74) is 8.06. The summed E-state index contributed by atoms with van der Waals surface area (Å²) in [5.74, 6) is 0.0554. The molecule has 1 heterocycles. The van der Waals surface area contributed by atoms with E-state index in [1.807, 2.05) is 30.0 Å². The quantitative estimate of drug-likeness (QED) is 0.639. The number of carbonyl (C=O) groups excluding carboxylic acids is 1. The number of nitrogens with two attached hydrogens (primary N) is 1. The SMILES string of the molecule is Cc1c(N)cc(Br)cc1C(=O)N1CC=CCC1. The summed E-state index contributed by atoms with van der Waals surface area (Å²) < 4.78 is 0.844. The van der Waals surface area contributed by atoms with Gasteiger partial charge in [0.05, 0.1) is 0 Å². The fourth-order valence-corrected chi connectivity index (χ4v) is 2.39. The molecule has 0 radical (unpaired) electrons. The second kappa shape index (κ2) is 4.92. The topological polar surface area (TPSA) is 46.3 Å². The van der Waals surface area contributed by atoms with E-state index in [1.165, 1.54) is 0 Å². The zero-order chi connectivity index (χ0) is 12.4. The second-order valence-electron chi connectivity index (χ2n) is 4.18. The van der Waals surface area contributed by atoms with E-state index in [1.54, 1.807) is 0 Å². The lowest BCUT2D eigenvalue weighted by Crippen LogP contribution is -2.34. The summed E-state index contributed by atoms with van der Waals surface area (Å²) in [6, 6.07) is 3.66. The first-order valence-electron chi connectivity index (χ1n) is 5.59. The zero-order valence-electron chi connectivity index (χ0n) is 9.74. The van der Waals surface area contributed by atoms with Gasteiger partial charge in [-0.25, -0.2) is 0 Å². The standard InChI is InChI=1S/C13H15BrN2O/c1-9-11(7-10(14)8-12(9)15)13(17)16-5-3-2-4-6-16/h2-3,7-8H,4-6,15H2,1H3.